The van der Waals surface area contributed by atoms with E-state index in [1.807, 2.05) is 6.20 Å². The minimum Gasteiger partial charge on any atom is -0.508 e. The van der Waals surface area contributed by atoms with E-state index in [9.17, 15) is 14.7 Å². The summed E-state index contributed by atoms with van der Waals surface area (Å²) < 4.78 is 8.91. The maximum absolute atomic E-state index is 13.3. The third-order valence-corrected chi connectivity index (χ3v) is 5.73. The molecule has 4 rings (SSSR count). The number of benzene rings is 1. The monoisotopic (exact) mass is 424 g/mol. The molecule has 0 saturated heterocycles. The van der Waals surface area contributed by atoms with Crippen LogP contribution in [-0.4, -0.2) is 32.0 Å². The van der Waals surface area contributed by atoms with Gasteiger partial charge in [0.2, 0.25) is 0 Å². The molecule has 0 spiro atoms. The number of aromatic nitrogens is 3. The molecule has 0 amide bonds. The van der Waals surface area contributed by atoms with Gasteiger partial charge in [0.25, 0.3) is 5.56 Å². The Hall–Kier alpha value is -3.46. The van der Waals surface area contributed by atoms with Crippen molar-refractivity contribution in [3.8, 4) is 5.75 Å². The van der Waals surface area contributed by atoms with E-state index >= 15 is 0 Å². The molecular formula is C21H20N4O4S. The Morgan fingerprint density at radius 3 is 2.70 bits per heavy atom. The maximum Gasteiger partial charge on any atom is 0.338 e. The number of hydrogen-bond donors (Lipinski definition) is 1. The van der Waals surface area contributed by atoms with Crippen molar-refractivity contribution in [2.45, 2.75) is 19.9 Å². The lowest BCUT2D eigenvalue weighted by atomic mass is 9.96. The van der Waals surface area contributed by atoms with Gasteiger partial charge in [-0.15, -0.1) is 0 Å². The van der Waals surface area contributed by atoms with Gasteiger partial charge in [-0.2, -0.15) is 5.10 Å². The van der Waals surface area contributed by atoms with Gasteiger partial charge in [0.15, 0.2) is 4.80 Å². The number of fused-ring (bicyclic) bond motifs is 1. The fraction of sp³-hybridized carbons (Fsp3) is 0.238. The molecular weight excluding hydrogens is 404 g/mol. The minimum absolute atomic E-state index is 0.0983. The summed E-state index contributed by atoms with van der Waals surface area (Å²) in [5, 5.41) is 13.8. The van der Waals surface area contributed by atoms with Gasteiger partial charge in [-0.05, 0) is 37.6 Å². The molecule has 8 nitrogen and oxygen atoms in total. The number of esters is 1. The predicted molar refractivity (Wildman–Crippen MR) is 112 cm³/mol. The zero-order valence-corrected chi connectivity index (χ0v) is 17.5. The number of thiazole rings is 1. The highest BCUT2D eigenvalue weighted by Gasteiger charge is 2.33. The SMILES string of the molecule is CCOC(=O)C1=C(C)N=c2sc(=Cc3cnn(C)c3)c(=O)n2[C@@H]1c1ccc(O)cc1. The van der Waals surface area contributed by atoms with Crippen molar-refractivity contribution in [1.29, 1.82) is 0 Å². The third kappa shape index (κ3) is 3.48. The van der Waals surface area contributed by atoms with Crippen LogP contribution in [0.25, 0.3) is 6.08 Å². The van der Waals surface area contributed by atoms with Crippen molar-refractivity contribution in [3.63, 3.8) is 0 Å². The maximum atomic E-state index is 13.3. The smallest absolute Gasteiger partial charge is 0.338 e. The highest BCUT2D eigenvalue weighted by Crippen LogP contribution is 2.31. The van der Waals surface area contributed by atoms with E-state index in [0.717, 1.165) is 5.56 Å². The molecule has 3 heterocycles. The van der Waals surface area contributed by atoms with Crippen molar-refractivity contribution >= 4 is 23.4 Å². The second-order valence-electron chi connectivity index (χ2n) is 6.84. The molecule has 0 saturated carbocycles. The number of hydrogen-bond acceptors (Lipinski definition) is 7. The molecule has 1 atom stereocenters. The average Bonchev–Trinajstić information content (AvgIpc) is 3.24. The first-order valence-electron chi connectivity index (χ1n) is 9.36. The van der Waals surface area contributed by atoms with E-state index in [2.05, 4.69) is 10.1 Å². The van der Waals surface area contributed by atoms with Crippen molar-refractivity contribution in [1.82, 2.24) is 14.3 Å². The molecule has 0 aliphatic carbocycles. The summed E-state index contributed by atoms with van der Waals surface area (Å²) in [7, 11) is 1.80. The first-order valence-corrected chi connectivity index (χ1v) is 10.2. The fourth-order valence-corrected chi connectivity index (χ4v) is 4.48. The van der Waals surface area contributed by atoms with Crippen molar-refractivity contribution in [3.05, 3.63) is 78.7 Å². The zero-order chi connectivity index (χ0) is 21.4. The van der Waals surface area contributed by atoms with Crippen molar-refractivity contribution in [2.75, 3.05) is 6.61 Å². The number of allylic oxidation sites excluding steroid dienone is 1. The van der Waals surface area contributed by atoms with E-state index in [1.54, 1.807) is 50.0 Å². The fourth-order valence-electron chi connectivity index (χ4n) is 3.43. The normalized spacial score (nSPS) is 16.4. The summed E-state index contributed by atoms with van der Waals surface area (Å²) in [5.41, 5.74) is 2.03. The number of ether oxygens (including phenoxy) is 1. The van der Waals surface area contributed by atoms with Crippen LogP contribution < -0.4 is 14.9 Å². The van der Waals surface area contributed by atoms with Gasteiger partial charge in [0, 0.05) is 18.8 Å². The first-order chi connectivity index (χ1) is 14.4. The Kier molecular flexibility index (Phi) is 5.13. The molecule has 0 fully saturated rings. The van der Waals surface area contributed by atoms with Crippen LogP contribution in [0, 0.1) is 0 Å². The lowest BCUT2D eigenvalue weighted by Gasteiger charge is -2.24. The van der Waals surface area contributed by atoms with Gasteiger partial charge in [-0.25, -0.2) is 9.79 Å². The molecule has 9 heteroatoms. The molecule has 154 valence electrons. The van der Waals surface area contributed by atoms with E-state index < -0.39 is 12.0 Å². The Labute approximate surface area is 175 Å². The number of aryl methyl sites for hydroxylation is 1. The molecule has 3 aromatic rings. The molecule has 0 bridgehead atoms. The summed E-state index contributed by atoms with van der Waals surface area (Å²) in [6, 6.07) is 5.74. The zero-order valence-electron chi connectivity index (χ0n) is 16.7. The molecule has 1 N–H and O–H groups in total. The summed E-state index contributed by atoms with van der Waals surface area (Å²) in [5.74, 6) is -0.417. The van der Waals surface area contributed by atoms with Gasteiger partial charge in [0.1, 0.15) is 5.75 Å². The van der Waals surface area contributed by atoms with E-state index in [0.29, 0.717) is 26.2 Å². The van der Waals surface area contributed by atoms with Crippen LogP contribution in [0.5, 0.6) is 5.75 Å². The first kappa shape index (κ1) is 19.8. The largest absolute Gasteiger partial charge is 0.508 e. The average molecular weight is 424 g/mol. The topological polar surface area (TPSA) is 98.7 Å². The molecule has 2 aromatic heterocycles. The van der Waals surface area contributed by atoms with Crippen LogP contribution in [-0.2, 0) is 16.6 Å². The highest BCUT2D eigenvalue weighted by molar-refractivity contribution is 7.07. The summed E-state index contributed by atoms with van der Waals surface area (Å²) in [6.45, 7) is 3.67. The number of carbonyl (C=O) groups is 1. The number of phenolic OH excluding ortho intramolecular Hbond substituents is 1. The third-order valence-electron chi connectivity index (χ3n) is 4.75. The van der Waals surface area contributed by atoms with Gasteiger partial charge < -0.3 is 9.84 Å². The quantitative estimate of drug-likeness (QED) is 0.636. The Morgan fingerprint density at radius 1 is 1.33 bits per heavy atom. The number of aromatic hydroxyl groups is 1. The number of carbonyl (C=O) groups excluding carboxylic acids is 1. The molecule has 1 aromatic carbocycles. The summed E-state index contributed by atoms with van der Waals surface area (Å²) in [4.78, 5) is 31.1. The standard InChI is InChI=1S/C21H20N4O4S/c1-4-29-20(28)17-12(2)23-21-25(18(17)14-5-7-15(26)8-6-14)19(27)16(30-21)9-13-10-22-24(3)11-13/h5-11,18,26H,4H2,1-3H3/t18-/m1/s1. The molecule has 1 aliphatic rings. The summed E-state index contributed by atoms with van der Waals surface area (Å²) >= 11 is 1.25. The molecule has 1 aliphatic heterocycles. The molecule has 30 heavy (non-hydrogen) atoms. The van der Waals surface area contributed by atoms with Crippen LogP contribution in [0.3, 0.4) is 0 Å². The van der Waals surface area contributed by atoms with Gasteiger partial charge in [0.05, 0.1) is 34.6 Å². The number of phenols is 1. The Balaban J connectivity index is 1.96. The highest BCUT2D eigenvalue weighted by atomic mass is 32.1. The van der Waals surface area contributed by atoms with Gasteiger partial charge in [-0.3, -0.25) is 14.0 Å². The number of nitrogens with zero attached hydrogens (tertiary/aromatic N) is 4. The van der Waals surface area contributed by atoms with Crippen LogP contribution >= 0.6 is 11.3 Å². The second kappa shape index (κ2) is 7.75. The number of rotatable bonds is 4. The van der Waals surface area contributed by atoms with Crippen molar-refractivity contribution < 1.29 is 14.6 Å². The summed E-state index contributed by atoms with van der Waals surface area (Å²) in [6.07, 6.45) is 5.24. The Bertz CT molecular complexity index is 1330. The lowest BCUT2D eigenvalue weighted by molar-refractivity contribution is -0.139. The van der Waals surface area contributed by atoms with Crippen LogP contribution in [0.2, 0.25) is 0 Å². The van der Waals surface area contributed by atoms with E-state index in [-0.39, 0.29) is 17.9 Å². The van der Waals surface area contributed by atoms with Crippen LogP contribution in [0.4, 0.5) is 0 Å². The minimum atomic E-state index is -0.697. The molecule has 0 unspecified atom stereocenters. The van der Waals surface area contributed by atoms with Crippen LogP contribution in [0.15, 0.2) is 57.7 Å². The van der Waals surface area contributed by atoms with Gasteiger partial charge >= 0.3 is 5.97 Å². The lowest BCUT2D eigenvalue weighted by Crippen LogP contribution is -2.39. The van der Waals surface area contributed by atoms with Crippen LogP contribution in [0.1, 0.15) is 31.0 Å². The Morgan fingerprint density at radius 2 is 2.07 bits per heavy atom. The molecule has 0 radical (unpaired) electrons. The van der Waals surface area contributed by atoms with Crippen molar-refractivity contribution in [2.24, 2.45) is 12.0 Å². The van der Waals surface area contributed by atoms with E-state index in [4.69, 9.17) is 4.74 Å². The predicted octanol–water partition coefficient (Wildman–Crippen LogP) is 1.24. The van der Waals surface area contributed by atoms with Gasteiger partial charge in [-0.1, -0.05) is 23.5 Å². The second-order valence-corrected chi connectivity index (χ2v) is 7.85. The van der Waals surface area contributed by atoms with E-state index in [1.165, 1.54) is 28.0 Å².